The number of esters is 3. The third-order valence-corrected chi connectivity index (χ3v) is 6.28. The molecule has 2 rings (SSSR count). The first-order valence-electron chi connectivity index (χ1n) is 10.2. The fraction of sp³-hybridized carbons (Fsp3) is 0.591. The van der Waals surface area contributed by atoms with E-state index in [9.17, 15) is 14.4 Å². The Bertz CT molecular complexity index is 776. The van der Waals surface area contributed by atoms with E-state index in [1.807, 2.05) is 59.0 Å². The van der Waals surface area contributed by atoms with E-state index in [1.54, 1.807) is 13.8 Å². The number of carbonyl (C=O) groups excluding carboxylic acids is 3. The van der Waals surface area contributed by atoms with E-state index in [0.717, 1.165) is 25.9 Å². The van der Waals surface area contributed by atoms with Gasteiger partial charge in [0.05, 0.1) is 5.56 Å². The molecule has 0 spiro atoms. The Hall–Kier alpha value is -0.950. The van der Waals surface area contributed by atoms with Crippen LogP contribution in [0, 0.1) is 5.92 Å². The van der Waals surface area contributed by atoms with Gasteiger partial charge in [-0.25, -0.2) is 4.79 Å². The fourth-order valence-electron chi connectivity index (χ4n) is 3.29. The van der Waals surface area contributed by atoms with Gasteiger partial charge in [-0.1, -0.05) is 45.2 Å². The topological polar surface area (TPSA) is 82.1 Å². The molecule has 0 saturated carbocycles. The molecule has 1 saturated heterocycles. The van der Waals surface area contributed by atoms with E-state index in [4.69, 9.17) is 14.2 Å². The van der Waals surface area contributed by atoms with Gasteiger partial charge < -0.3 is 19.1 Å². The summed E-state index contributed by atoms with van der Waals surface area (Å²) < 4.78 is 15.8. The van der Waals surface area contributed by atoms with E-state index < -0.39 is 23.5 Å². The summed E-state index contributed by atoms with van der Waals surface area (Å²) >= 11 is 3.88. The van der Waals surface area contributed by atoms with Crippen LogP contribution >= 0.6 is 45.2 Å². The molecule has 0 bridgehead atoms. The van der Waals surface area contributed by atoms with Crippen molar-refractivity contribution in [3.8, 4) is 11.5 Å². The van der Waals surface area contributed by atoms with Gasteiger partial charge in [-0.3, -0.25) is 9.59 Å². The highest BCUT2D eigenvalue weighted by Crippen LogP contribution is 2.32. The van der Waals surface area contributed by atoms with Crippen molar-refractivity contribution in [3.63, 3.8) is 0 Å². The van der Waals surface area contributed by atoms with Crippen molar-refractivity contribution in [1.29, 1.82) is 0 Å². The highest BCUT2D eigenvalue weighted by atomic mass is 127. The second-order valence-corrected chi connectivity index (χ2v) is 12.1. The highest BCUT2D eigenvalue weighted by Gasteiger charge is 2.35. The molecule has 1 aliphatic heterocycles. The third-order valence-electron chi connectivity index (χ3n) is 5.26. The average molecular weight is 657 g/mol. The summed E-state index contributed by atoms with van der Waals surface area (Å²) in [5.74, 6) is -0.975. The quantitative estimate of drug-likeness (QED) is 0.186. The van der Waals surface area contributed by atoms with Gasteiger partial charge in [0.2, 0.25) is 0 Å². The molecule has 9 heteroatoms. The van der Waals surface area contributed by atoms with Crippen LogP contribution in [0.4, 0.5) is 0 Å². The lowest BCUT2D eigenvalue weighted by molar-refractivity contribution is -0.133. The van der Waals surface area contributed by atoms with E-state index >= 15 is 0 Å². The Labute approximate surface area is 210 Å². The number of piperidine rings is 1. The zero-order valence-electron chi connectivity index (χ0n) is 18.4. The molecule has 31 heavy (non-hydrogen) atoms. The molecule has 1 heterocycles. The number of alkyl halides is 2. The van der Waals surface area contributed by atoms with Crippen molar-refractivity contribution in [3.05, 3.63) is 23.8 Å². The fourth-order valence-corrected chi connectivity index (χ4v) is 3.54. The number of rotatable bonds is 7. The number of likely N-dealkylation sites (tertiary alicyclic amines) is 1. The maximum absolute atomic E-state index is 13.0. The zero-order valence-corrected chi connectivity index (χ0v) is 22.8. The summed E-state index contributed by atoms with van der Waals surface area (Å²) in [5, 5.41) is 0. The van der Waals surface area contributed by atoms with Crippen molar-refractivity contribution in [2.24, 2.45) is 5.92 Å². The average Bonchev–Trinajstić information content (AvgIpc) is 2.67. The largest absolute Gasteiger partial charge is 0.456 e. The van der Waals surface area contributed by atoms with Crippen LogP contribution in [0.25, 0.3) is 0 Å². The monoisotopic (exact) mass is 657 g/mol. The maximum Gasteiger partial charge on any atom is 0.338 e. The summed E-state index contributed by atoms with van der Waals surface area (Å²) in [6.45, 7) is 9.15. The summed E-state index contributed by atoms with van der Waals surface area (Å²) in [5.41, 5.74) is -0.494. The Morgan fingerprint density at radius 1 is 0.968 bits per heavy atom. The number of carbonyl (C=O) groups is 3. The van der Waals surface area contributed by atoms with Gasteiger partial charge in [-0.15, -0.1) is 0 Å². The molecule has 0 aromatic heterocycles. The molecular formula is C22H29I2NO6. The van der Waals surface area contributed by atoms with Crippen LogP contribution in [0.15, 0.2) is 18.2 Å². The molecule has 7 nitrogen and oxygen atoms in total. The minimum atomic E-state index is -0.657. The molecule has 0 amide bonds. The predicted molar refractivity (Wildman–Crippen MR) is 134 cm³/mol. The number of ether oxygens (including phenoxy) is 3. The Morgan fingerprint density at radius 3 is 1.84 bits per heavy atom. The molecule has 0 N–H and O–H groups in total. The summed E-state index contributed by atoms with van der Waals surface area (Å²) in [6, 6.07) is 4.30. The third kappa shape index (κ3) is 7.85. The lowest BCUT2D eigenvalue weighted by Gasteiger charge is -2.39. The molecule has 1 aromatic rings. The van der Waals surface area contributed by atoms with Crippen molar-refractivity contribution >= 4 is 63.1 Å². The van der Waals surface area contributed by atoms with Gasteiger partial charge >= 0.3 is 17.9 Å². The molecule has 2 atom stereocenters. The first-order valence-corrected chi connectivity index (χ1v) is 12.7. The van der Waals surface area contributed by atoms with E-state index in [0.29, 0.717) is 0 Å². The van der Waals surface area contributed by atoms with Gasteiger partial charge in [0, 0.05) is 12.0 Å². The van der Waals surface area contributed by atoms with Gasteiger partial charge in [0.1, 0.15) is 24.9 Å². The van der Waals surface area contributed by atoms with E-state index in [2.05, 4.69) is 11.9 Å². The lowest BCUT2D eigenvalue weighted by atomic mass is 9.83. The van der Waals surface area contributed by atoms with Crippen molar-refractivity contribution in [2.75, 3.05) is 20.1 Å². The van der Waals surface area contributed by atoms with E-state index in [1.165, 1.54) is 18.2 Å². The SMILES string of the molecule is CC(I)C(=O)Oc1cc(OC(=O)C(C)I)cc(C(=O)OC(C)(C)C2CCN(C)CC2)c1. The number of halogens is 2. The first-order chi connectivity index (χ1) is 14.4. The summed E-state index contributed by atoms with van der Waals surface area (Å²) in [6.07, 6.45) is 1.89. The number of benzene rings is 1. The minimum absolute atomic E-state index is 0.129. The van der Waals surface area contributed by atoms with Gasteiger partial charge in [0.25, 0.3) is 0 Å². The molecule has 1 aliphatic rings. The molecular weight excluding hydrogens is 628 g/mol. The normalized spacial score (nSPS) is 17.5. The second-order valence-electron chi connectivity index (χ2n) is 8.34. The van der Waals surface area contributed by atoms with Crippen molar-refractivity contribution in [1.82, 2.24) is 4.90 Å². The molecule has 1 aromatic carbocycles. The number of hydrogen-bond acceptors (Lipinski definition) is 7. The molecule has 0 aliphatic carbocycles. The summed E-state index contributed by atoms with van der Waals surface area (Å²) in [4.78, 5) is 39.3. The van der Waals surface area contributed by atoms with Gasteiger partial charge in [-0.05, 0) is 72.8 Å². The first kappa shape index (κ1) is 26.3. The van der Waals surface area contributed by atoms with Crippen LogP contribution in [-0.4, -0.2) is 56.4 Å². The van der Waals surface area contributed by atoms with Crippen LogP contribution in [0.2, 0.25) is 0 Å². The smallest absolute Gasteiger partial charge is 0.338 e. The standard InChI is InChI=1S/C22H29I2NO6/c1-13(23)19(26)29-17-10-15(11-18(12-17)30-20(27)14(2)24)21(28)31-22(3,4)16-6-8-25(5)9-7-16/h10-14,16H,6-9H2,1-5H3. The zero-order chi connectivity index (χ0) is 23.3. The Morgan fingerprint density at radius 2 is 1.42 bits per heavy atom. The molecule has 2 unspecified atom stereocenters. The van der Waals surface area contributed by atoms with Crippen LogP contribution in [-0.2, 0) is 14.3 Å². The highest BCUT2D eigenvalue weighted by molar-refractivity contribution is 14.1. The Balaban J connectivity index is 2.26. The van der Waals surface area contributed by atoms with Crippen molar-refractivity contribution < 1.29 is 28.6 Å². The van der Waals surface area contributed by atoms with Crippen LogP contribution in [0.1, 0.15) is 50.9 Å². The predicted octanol–water partition coefficient (Wildman–Crippen LogP) is 4.42. The van der Waals surface area contributed by atoms with Crippen LogP contribution in [0.3, 0.4) is 0 Å². The Kier molecular flexibility index (Phi) is 9.56. The maximum atomic E-state index is 13.0. The number of hydrogen-bond donors (Lipinski definition) is 0. The van der Waals surface area contributed by atoms with Crippen molar-refractivity contribution in [2.45, 2.75) is 54.0 Å². The second kappa shape index (κ2) is 11.3. The molecule has 0 radical (unpaired) electrons. The molecule has 1 fully saturated rings. The lowest BCUT2D eigenvalue weighted by Crippen LogP contribution is -2.43. The van der Waals surface area contributed by atoms with Gasteiger partial charge in [-0.2, -0.15) is 0 Å². The van der Waals surface area contributed by atoms with Crippen LogP contribution < -0.4 is 9.47 Å². The van der Waals surface area contributed by atoms with Crippen LogP contribution in [0.5, 0.6) is 11.5 Å². The van der Waals surface area contributed by atoms with Gasteiger partial charge in [0.15, 0.2) is 0 Å². The molecule has 172 valence electrons. The minimum Gasteiger partial charge on any atom is -0.456 e. The number of nitrogens with zero attached hydrogens (tertiary/aromatic N) is 1. The van der Waals surface area contributed by atoms with E-state index in [-0.39, 0.29) is 30.8 Å². The summed E-state index contributed by atoms with van der Waals surface area (Å²) in [7, 11) is 2.08.